The summed E-state index contributed by atoms with van der Waals surface area (Å²) in [6.45, 7) is 0.466. The zero-order valence-electron chi connectivity index (χ0n) is 16.1. The molecule has 3 aromatic carbocycles. The van der Waals surface area contributed by atoms with Crippen molar-refractivity contribution in [3.05, 3.63) is 88.7 Å². The maximum absolute atomic E-state index is 13.4. The molecule has 31 heavy (non-hydrogen) atoms. The molecule has 3 aromatic rings. The molecule has 0 amide bonds. The molecule has 0 aromatic heterocycles. The maximum Gasteiger partial charge on any atom is 0.261 e. The predicted octanol–water partition coefficient (Wildman–Crippen LogP) is 4.03. The molecule has 1 N–H and O–H groups in total. The first-order valence-electron chi connectivity index (χ1n) is 9.32. The molecule has 0 radical (unpaired) electrons. The van der Waals surface area contributed by atoms with Gasteiger partial charge >= 0.3 is 0 Å². The Morgan fingerprint density at radius 3 is 2.32 bits per heavy atom. The Hall–Kier alpha value is -2.46. The highest BCUT2D eigenvalue weighted by atomic mass is 35.5. The van der Waals surface area contributed by atoms with Crippen molar-refractivity contribution in [2.45, 2.75) is 22.8 Å². The summed E-state index contributed by atoms with van der Waals surface area (Å²) in [5, 5.41) is -0.296. The van der Waals surface area contributed by atoms with Gasteiger partial charge in [0.25, 0.3) is 10.0 Å². The van der Waals surface area contributed by atoms with E-state index in [-0.39, 0.29) is 27.0 Å². The minimum atomic E-state index is -4.00. The van der Waals surface area contributed by atoms with Crippen molar-refractivity contribution in [2.24, 2.45) is 0 Å². The lowest BCUT2D eigenvalue weighted by atomic mass is 10.0. The van der Waals surface area contributed by atoms with Gasteiger partial charge in [0.1, 0.15) is 5.82 Å². The highest BCUT2D eigenvalue weighted by Gasteiger charge is 2.28. The summed E-state index contributed by atoms with van der Waals surface area (Å²) in [7, 11) is -7.66. The van der Waals surface area contributed by atoms with Crippen LogP contribution in [0.15, 0.2) is 76.5 Å². The lowest BCUT2D eigenvalue weighted by Crippen LogP contribution is -2.36. The molecule has 0 atom stereocenters. The van der Waals surface area contributed by atoms with Crippen molar-refractivity contribution >= 4 is 37.3 Å². The summed E-state index contributed by atoms with van der Waals surface area (Å²) in [5.74, 6) is -0.714. The highest BCUT2D eigenvalue weighted by molar-refractivity contribution is 7.92. The summed E-state index contributed by atoms with van der Waals surface area (Å²) < 4.78 is 68.3. The van der Waals surface area contributed by atoms with E-state index in [1.54, 1.807) is 48.5 Å². The average molecular weight is 481 g/mol. The van der Waals surface area contributed by atoms with Gasteiger partial charge < -0.3 is 0 Å². The average Bonchev–Trinajstić information content (AvgIpc) is 2.75. The standard InChI is InChI=1S/C21H18ClFN2O4S2/c22-20-13-19(8-9-21(20)23)30(26,27)24-17-7-6-15-10-11-25(14-16(15)12-17)31(28,29)18-4-2-1-3-5-18/h1-9,12-13,24H,10-11,14H2. The molecule has 4 rings (SSSR count). The third-order valence-corrected chi connectivity index (χ3v) is 8.55. The van der Waals surface area contributed by atoms with Crippen LogP contribution < -0.4 is 4.72 Å². The summed E-state index contributed by atoms with van der Waals surface area (Å²) in [6.07, 6.45) is 0.516. The fraction of sp³-hybridized carbons (Fsp3) is 0.143. The van der Waals surface area contributed by atoms with Gasteiger partial charge in [-0.3, -0.25) is 4.72 Å². The van der Waals surface area contributed by atoms with Gasteiger partial charge in [0.15, 0.2) is 0 Å². The Bertz CT molecular complexity index is 1350. The molecular formula is C21H18ClFN2O4S2. The first-order valence-corrected chi connectivity index (χ1v) is 12.6. The number of sulfonamides is 2. The van der Waals surface area contributed by atoms with E-state index >= 15 is 0 Å². The minimum absolute atomic E-state index is 0.129. The first kappa shape index (κ1) is 21.8. The third kappa shape index (κ3) is 4.45. The highest BCUT2D eigenvalue weighted by Crippen LogP contribution is 2.28. The van der Waals surface area contributed by atoms with Crippen molar-refractivity contribution in [3.63, 3.8) is 0 Å². The zero-order valence-corrected chi connectivity index (χ0v) is 18.5. The molecule has 0 unspecified atom stereocenters. The largest absolute Gasteiger partial charge is 0.280 e. The summed E-state index contributed by atoms with van der Waals surface area (Å²) >= 11 is 5.70. The fourth-order valence-corrected chi connectivity index (χ4v) is 6.16. The second-order valence-corrected chi connectivity index (χ2v) is 11.1. The van der Waals surface area contributed by atoms with E-state index in [1.165, 1.54) is 4.31 Å². The van der Waals surface area contributed by atoms with Crippen molar-refractivity contribution in [1.82, 2.24) is 4.31 Å². The monoisotopic (exact) mass is 480 g/mol. The van der Waals surface area contributed by atoms with Crippen LogP contribution in [-0.4, -0.2) is 27.7 Å². The number of hydrogen-bond acceptors (Lipinski definition) is 4. The quantitative estimate of drug-likeness (QED) is 0.597. The van der Waals surface area contributed by atoms with Crippen LogP contribution in [0.3, 0.4) is 0 Å². The Balaban J connectivity index is 1.59. The van der Waals surface area contributed by atoms with Crippen LogP contribution in [0.2, 0.25) is 5.02 Å². The molecule has 0 fully saturated rings. The van der Waals surface area contributed by atoms with E-state index in [2.05, 4.69) is 4.72 Å². The lowest BCUT2D eigenvalue weighted by molar-refractivity contribution is 0.391. The Labute approximate surface area is 185 Å². The summed E-state index contributed by atoms with van der Waals surface area (Å²) in [6, 6.07) is 16.3. The molecule has 1 heterocycles. The van der Waals surface area contributed by atoms with E-state index < -0.39 is 25.9 Å². The number of fused-ring (bicyclic) bond motifs is 1. The first-order chi connectivity index (χ1) is 14.7. The van der Waals surface area contributed by atoms with Crippen LogP contribution in [-0.2, 0) is 33.0 Å². The second-order valence-electron chi connectivity index (χ2n) is 7.07. The molecule has 10 heteroatoms. The van der Waals surface area contributed by atoms with Crippen LogP contribution in [0.25, 0.3) is 0 Å². The van der Waals surface area contributed by atoms with E-state index in [4.69, 9.17) is 11.6 Å². The van der Waals surface area contributed by atoms with Crippen LogP contribution in [0, 0.1) is 5.82 Å². The molecule has 6 nitrogen and oxygen atoms in total. The van der Waals surface area contributed by atoms with Gasteiger partial charge in [0.2, 0.25) is 10.0 Å². The molecule has 0 saturated carbocycles. The molecular weight excluding hydrogens is 463 g/mol. The van der Waals surface area contributed by atoms with Crippen molar-refractivity contribution in [1.29, 1.82) is 0 Å². The summed E-state index contributed by atoms with van der Waals surface area (Å²) in [4.78, 5) is 0.0356. The predicted molar refractivity (Wildman–Crippen MR) is 116 cm³/mol. The van der Waals surface area contributed by atoms with Gasteiger partial charge in [-0.05, 0) is 60.0 Å². The number of rotatable bonds is 5. The normalized spacial score (nSPS) is 14.8. The van der Waals surface area contributed by atoms with Crippen LogP contribution in [0.5, 0.6) is 0 Å². The number of benzene rings is 3. The van der Waals surface area contributed by atoms with Crippen LogP contribution >= 0.6 is 11.6 Å². The van der Waals surface area contributed by atoms with Gasteiger partial charge in [-0.1, -0.05) is 35.9 Å². The second kappa shape index (κ2) is 8.23. The molecule has 0 aliphatic carbocycles. The van der Waals surface area contributed by atoms with E-state index in [1.807, 2.05) is 0 Å². The fourth-order valence-electron chi connectivity index (χ4n) is 3.40. The molecule has 0 spiro atoms. The van der Waals surface area contributed by atoms with Gasteiger partial charge in [-0.2, -0.15) is 4.31 Å². The van der Waals surface area contributed by atoms with E-state index in [0.29, 0.717) is 18.5 Å². The zero-order chi connectivity index (χ0) is 22.2. The maximum atomic E-state index is 13.4. The number of anilines is 1. The number of nitrogens with one attached hydrogen (secondary N) is 1. The number of halogens is 2. The number of hydrogen-bond donors (Lipinski definition) is 1. The SMILES string of the molecule is O=S(=O)(Nc1ccc2c(c1)CN(S(=O)(=O)c1ccccc1)CC2)c1ccc(F)c(Cl)c1. The Kier molecular flexibility index (Phi) is 5.78. The summed E-state index contributed by atoms with van der Waals surface area (Å²) in [5.41, 5.74) is 1.94. The van der Waals surface area contributed by atoms with Crippen molar-refractivity contribution < 1.29 is 21.2 Å². The Morgan fingerprint density at radius 2 is 1.61 bits per heavy atom. The molecule has 0 saturated heterocycles. The van der Waals surface area contributed by atoms with Crippen LogP contribution in [0.1, 0.15) is 11.1 Å². The Morgan fingerprint density at radius 1 is 0.871 bits per heavy atom. The van der Waals surface area contributed by atoms with E-state index in [9.17, 15) is 21.2 Å². The lowest BCUT2D eigenvalue weighted by Gasteiger charge is -2.28. The molecule has 0 bridgehead atoms. The molecule has 162 valence electrons. The van der Waals surface area contributed by atoms with Gasteiger partial charge in [-0.15, -0.1) is 0 Å². The van der Waals surface area contributed by atoms with Gasteiger partial charge in [0, 0.05) is 18.8 Å². The van der Waals surface area contributed by atoms with Crippen molar-refractivity contribution in [3.8, 4) is 0 Å². The minimum Gasteiger partial charge on any atom is -0.280 e. The van der Waals surface area contributed by atoms with Gasteiger partial charge in [0.05, 0.1) is 14.8 Å². The molecule has 1 aliphatic heterocycles. The van der Waals surface area contributed by atoms with E-state index in [0.717, 1.165) is 23.8 Å². The third-order valence-electron chi connectivity index (χ3n) is 5.02. The van der Waals surface area contributed by atoms with Crippen molar-refractivity contribution in [2.75, 3.05) is 11.3 Å². The molecule has 1 aliphatic rings. The number of nitrogens with zero attached hydrogens (tertiary/aromatic N) is 1. The smallest absolute Gasteiger partial charge is 0.261 e. The van der Waals surface area contributed by atoms with Crippen LogP contribution in [0.4, 0.5) is 10.1 Å². The topological polar surface area (TPSA) is 83.6 Å². The van der Waals surface area contributed by atoms with Gasteiger partial charge in [-0.25, -0.2) is 21.2 Å².